The van der Waals surface area contributed by atoms with Crippen molar-refractivity contribution in [2.24, 2.45) is 17.8 Å². The number of carbonyl (C=O) groups is 2. The molecule has 2 aliphatic heterocycles. The van der Waals surface area contributed by atoms with Crippen molar-refractivity contribution in [1.82, 2.24) is 0 Å². The Morgan fingerprint density at radius 3 is 2.58 bits per heavy atom. The van der Waals surface area contributed by atoms with Gasteiger partial charge in [0, 0.05) is 25.2 Å². The van der Waals surface area contributed by atoms with E-state index in [2.05, 4.69) is 0 Å². The number of aliphatic hydroxyl groups is 3. The van der Waals surface area contributed by atoms with Gasteiger partial charge in [-0.25, -0.2) is 0 Å². The molecule has 0 spiro atoms. The highest BCUT2D eigenvalue weighted by Crippen LogP contribution is 2.37. The van der Waals surface area contributed by atoms with Crippen molar-refractivity contribution >= 4 is 11.9 Å². The summed E-state index contributed by atoms with van der Waals surface area (Å²) in [6.45, 7) is 12.7. The molecule has 0 aliphatic carbocycles. The molecule has 8 heteroatoms. The lowest BCUT2D eigenvalue weighted by atomic mass is 9.91. The molecule has 0 aromatic carbocycles. The van der Waals surface area contributed by atoms with E-state index in [-0.39, 0.29) is 42.4 Å². The highest BCUT2D eigenvalue weighted by atomic mass is 16.6. The van der Waals surface area contributed by atoms with Crippen LogP contribution < -0.4 is 0 Å². The third-order valence-electron chi connectivity index (χ3n) is 7.60. The predicted molar refractivity (Wildman–Crippen MR) is 145 cm³/mol. The fraction of sp³-hybridized carbons (Fsp3) is 0.733. The van der Waals surface area contributed by atoms with Crippen molar-refractivity contribution in [1.29, 1.82) is 0 Å². The first-order valence-electron chi connectivity index (χ1n) is 13.9. The molecular formula is C30H48O8. The maximum atomic E-state index is 12.6. The molecule has 0 amide bonds. The summed E-state index contributed by atoms with van der Waals surface area (Å²) >= 11 is 0. The van der Waals surface area contributed by atoms with Gasteiger partial charge in [-0.3, -0.25) is 9.59 Å². The van der Waals surface area contributed by atoms with E-state index in [1.54, 1.807) is 25.2 Å². The van der Waals surface area contributed by atoms with Crippen LogP contribution >= 0.6 is 0 Å². The number of allylic oxidation sites excluding steroid dienone is 2. The highest BCUT2D eigenvalue weighted by molar-refractivity contribution is 5.70. The predicted octanol–water partition coefficient (Wildman–Crippen LogP) is 4.02. The fourth-order valence-corrected chi connectivity index (χ4v) is 4.99. The molecule has 1 saturated heterocycles. The summed E-state index contributed by atoms with van der Waals surface area (Å²) in [6, 6.07) is 0. The second-order valence-electron chi connectivity index (χ2n) is 11.4. The van der Waals surface area contributed by atoms with Crippen LogP contribution in [0.4, 0.5) is 0 Å². The molecule has 1 fully saturated rings. The maximum Gasteiger partial charge on any atom is 0.309 e. The van der Waals surface area contributed by atoms with Crippen LogP contribution in [0.3, 0.4) is 0 Å². The molecule has 0 aromatic rings. The Balaban J connectivity index is 2.14. The monoisotopic (exact) mass is 536 g/mol. The van der Waals surface area contributed by atoms with E-state index in [4.69, 9.17) is 14.2 Å². The summed E-state index contributed by atoms with van der Waals surface area (Å²) in [6.07, 6.45) is 8.48. The van der Waals surface area contributed by atoms with Crippen LogP contribution in [-0.2, 0) is 23.8 Å². The standard InChI is InChI=1S/C30H48O8/c1-8-24(33)21(5)29-26(37-29)17-30(7,35)15-9-10-19(3)28-20(4)12-14-25(36-22(6)31)18(2)11-13-23(32)16-27(34)38-28/h9-10,12,14-15,18,20-21,23-26,28-29,32-33,35H,8,11,13,16-17H2,1-7H3/b14-12-,15-9+,19-10+. The van der Waals surface area contributed by atoms with Gasteiger partial charge in [-0.1, -0.05) is 52.0 Å². The summed E-state index contributed by atoms with van der Waals surface area (Å²) in [7, 11) is 0. The van der Waals surface area contributed by atoms with E-state index in [0.29, 0.717) is 25.7 Å². The van der Waals surface area contributed by atoms with Gasteiger partial charge >= 0.3 is 11.9 Å². The third kappa shape index (κ3) is 10.3. The van der Waals surface area contributed by atoms with E-state index >= 15 is 0 Å². The van der Waals surface area contributed by atoms with Crippen LogP contribution in [0, 0.1) is 17.8 Å². The Morgan fingerprint density at radius 1 is 1.26 bits per heavy atom. The van der Waals surface area contributed by atoms with E-state index in [9.17, 15) is 24.9 Å². The topological polar surface area (TPSA) is 126 Å². The van der Waals surface area contributed by atoms with Gasteiger partial charge in [-0.2, -0.15) is 0 Å². The lowest BCUT2D eigenvalue weighted by Gasteiger charge is -2.27. The summed E-state index contributed by atoms with van der Waals surface area (Å²) in [5, 5.41) is 31.3. The van der Waals surface area contributed by atoms with Gasteiger partial charge in [0.1, 0.15) is 12.2 Å². The number of carbonyl (C=O) groups excluding carboxylic acids is 2. The number of epoxide rings is 1. The van der Waals surface area contributed by atoms with Gasteiger partial charge in [0.15, 0.2) is 0 Å². The number of hydrogen-bond acceptors (Lipinski definition) is 8. The summed E-state index contributed by atoms with van der Waals surface area (Å²) in [5.41, 5.74) is -0.342. The molecule has 2 aliphatic rings. The maximum absolute atomic E-state index is 12.6. The molecule has 2 rings (SSSR count). The first-order chi connectivity index (χ1) is 17.7. The average Bonchev–Trinajstić information content (AvgIpc) is 3.59. The zero-order valence-electron chi connectivity index (χ0n) is 24.0. The Hall–Kier alpha value is -2.00. The lowest BCUT2D eigenvalue weighted by Crippen LogP contribution is -2.30. The largest absolute Gasteiger partial charge is 0.458 e. The minimum Gasteiger partial charge on any atom is -0.458 e. The molecule has 3 N–H and O–H groups in total. The van der Waals surface area contributed by atoms with Gasteiger partial charge in [-0.05, 0) is 50.7 Å². The van der Waals surface area contributed by atoms with Crippen molar-refractivity contribution in [3.05, 3.63) is 36.0 Å². The molecular weight excluding hydrogens is 488 g/mol. The number of aliphatic hydroxyl groups excluding tert-OH is 2. The smallest absolute Gasteiger partial charge is 0.309 e. The van der Waals surface area contributed by atoms with Crippen LogP contribution in [0.5, 0.6) is 0 Å². The Kier molecular flexibility index (Phi) is 12.2. The Bertz CT molecular complexity index is 875. The van der Waals surface area contributed by atoms with E-state index in [1.807, 2.05) is 46.8 Å². The van der Waals surface area contributed by atoms with Crippen molar-refractivity contribution < 1.29 is 39.1 Å². The van der Waals surface area contributed by atoms with Crippen molar-refractivity contribution in [2.75, 3.05) is 0 Å². The summed E-state index contributed by atoms with van der Waals surface area (Å²) in [5.74, 6) is -1.08. The van der Waals surface area contributed by atoms with Crippen molar-refractivity contribution in [3.63, 3.8) is 0 Å². The van der Waals surface area contributed by atoms with Crippen LogP contribution in [0.2, 0.25) is 0 Å². The number of cyclic esters (lactones) is 1. The van der Waals surface area contributed by atoms with Crippen LogP contribution in [0.15, 0.2) is 36.0 Å². The summed E-state index contributed by atoms with van der Waals surface area (Å²) < 4.78 is 17.0. The zero-order valence-corrected chi connectivity index (χ0v) is 24.0. The van der Waals surface area contributed by atoms with E-state index < -0.39 is 36.0 Å². The molecule has 2 heterocycles. The third-order valence-corrected chi connectivity index (χ3v) is 7.60. The van der Waals surface area contributed by atoms with Crippen molar-refractivity contribution in [3.8, 4) is 0 Å². The number of esters is 2. The van der Waals surface area contributed by atoms with Crippen molar-refractivity contribution in [2.45, 2.75) is 123 Å². The molecule has 0 aromatic heterocycles. The minimum absolute atomic E-state index is 0.0131. The molecule has 10 atom stereocenters. The molecule has 8 nitrogen and oxygen atoms in total. The lowest BCUT2D eigenvalue weighted by molar-refractivity contribution is -0.151. The highest BCUT2D eigenvalue weighted by Gasteiger charge is 2.47. The van der Waals surface area contributed by atoms with E-state index in [1.165, 1.54) is 6.92 Å². The first kappa shape index (κ1) is 32.2. The second kappa shape index (κ2) is 14.4. The molecule has 216 valence electrons. The van der Waals surface area contributed by atoms with E-state index in [0.717, 1.165) is 5.57 Å². The van der Waals surface area contributed by atoms with Gasteiger partial charge in [-0.15, -0.1) is 0 Å². The van der Waals surface area contributed by atoms with Gasteiger partial charge in [0.2, 0.25) is 0 Å². The molecule has 38 heavy (non-hydrogen) atoms. The minimum atomic E-state index is -1.11. The Labute approximate surface area is 227 Å². The quantitative estimate of drug-likeness (QED) is 0.175. The second-order valence-corrected chi connectivity index (χ2v) is 11.4. The van der Waals surface area contributed by atoms with Gasteiger partial charge in [0.25, 0.3) is 0 Å². The average molecular weight is 537 g/mol. The molecule has 0 saturated carbocycles. The van der Waals surface area contributed by atoms with Crippen LogP contribution in [0.1, 0.15) is 80.6 Å². The van der Waals surface area contributed by atoms with Crippen LogP contribution in [0.25, 0.3) is 0 Å². The number of ether oxygens (including phenoxy) is 3. The summed E-state index contributed by atoms with van der Waals surface area (Å²) in [4.78, 5) is 24.2. The first-order valence-corrected chi connectivity index (χ1v) is 13.9. The number of rotatable bonds is 9. The van der Waals surface area contributed by atoms with Gasteiger partial charge < -0.3 is 29.5 Å². The SMILES string of the molecule is CCC(O)C(C)C1OC1CC(C)(O)/C=C/C=C(\C)C1OC(=O)CC(O)CCC(C)C(OC(C)=O)/C=C\C1C. The number of hydrogen-bond donors (Lipinski definition) is 3. The van der Waals surface area contributed by atoms with Gasteiger partial charge in [0.05, 0.1) is 36.4 Å². The van der Waals surface area contributed by atoms with Crippen LogP contribution in [-0.4, -0.2) is 69.5 Å². The molecule has 0 bridgehead atoms. The normalized spacial score (nSPS) is 35.3. The molecule has 0 radical (unpaired) electrons. The Morgan fingerprint density at radius 2 is 1.95 bits per heavy atom. The fourth-order valence-electron chi connectivity index (χ4n) is 4.99. The molecule has 10 unspecified atom stereocenters. The zero-order chi connectivity index (χ0) is 28.6.